The van der Waals surface area contributed by atoms with Crippen molar-refractivity contribution in [3.8, 4) is 0 Å². The van der Waals surface area contributed by atoms with E-state index in [2.05, 4.69) is 26.9 Å². The fourth-order valence-corrected chi connectivity index (χ4v) is 5.68. The summed E-state index contributed by atoms with van der Waals surface area (Å²) < 4.78 is 0. The number of rotatable bonds is 5. The van der Waals surface area contributed by atoms with E-state index in [0.717, 1.165) is 43.3 Å². The molecule has 0 radical (unpaired) electrons. The number of imide groups is 1. The summed E-state index contributed by atoms with van der Waals surface area (Å²) in [6, 6.07) is 7.88. The molecule has 4 unspecified atom stereocenters. The molecule has 7 nitrogen and oxygen atoms in total. The Hall–Kier alpha value is -2.54. The van der Waals surface area contributed by atoms with Crippen LogP contribution < -0.4 is 10.6 Å². The van der Waals surface area contributed by atoms with E-state index in [1.54, 1.807) is 0 Å². The maximum Gasteiger partial charge on any atom is 0.233 e. The first-order valence-corrected chi connectivity index (χ1v) is 11.5. The van der Waals surface area contributed by atoms with E-state index >= 15 is 0 Å². The molecule has 0 spiro atoms. The van der Waals surface area contributed by atoms with E-state index in [-0.39, 0.29) is 35.5 Å². The Morgan fingerprint density at radius 2 is 1.61 bits per heavy atom. The lowest BCUT2D eigenvalue weighted by Crippen LogP contribution is -2.51. The highest BCUT2D eigenvalue weighted by atomic mass is 35.5. The number of nitrogens with zero attached hydrogens (tertiary/aromatic N) is 4. The topological polar surface area (TPSA) is 82.2 Å². The number of carbonyl (C=O) groups excluding carboxylic acids is 2. The van der Waals surface area contributed by atoms with Crippen molar-refractivity contribution in [2.45, 2.75) is 12.8 Å². The van der Waals surface area contributed by atoms with Gasteiger partial charge in [-0.15, -0.1) is 0 Å². The highest BCUT2D eigenvalue weighted by Crippen LogP contribution is 2.52. The van der Waals surface area contributed by atoms with Crippen LogP contribution in [0.5, 0.6) is 0 Å². The molecule has 2 aliphatic carbocycles. The van der Waals surface area contributed by atoms with Crippen molar-refractivity contribution in [1.82, 2.24) is 9.80 Å². The lowest BCUT2D eigenvalue weighted by molar-refractivity contribution is -0.140. The molecule has 2 saturated heterocycles. The summed E-state index contributed by atoms with van der Waals surface area (Å²) in [6.45, 7) is 4.30. The van der Waals surface area contributed by atoms with Crippen molar-refractivity contribution in [1.29, 1.82) is 0 Å². The quantitative estimate of drug-likeness (QED) is 0.248. The van der Waals surface area contributed by atoms with E-state index in [1.807, 2.05) is 24.3 Å². The first kappa shape index (κ1) is 20.4. The summed E-state index contributed by atoms with van der Waals surface area (Å²) in [4.78, 5) is 35.8. The zero-order valence-corrected chi connectivity index (χ0v) is 18.2. The molecule has 1 aromatic rings. The van der Waals surface area contributed by atoms with Gasteiger partial charge in [0.25, 0.3) is 0 Å². The van der Waals surface area contributed by atoms with Crippen LogP contribution in [0.2, 0.25) is 5.02 Å². The largest absolute Gasteiger partial charge is 0.370 e. The molecule has 5 rings (SSSR count). The van der Waals surface area contributed by atoms with Crippen molar-refractivity contribution in [3.63, 3.8) is 0 Å². The number of allylic oxidation sites excluding steroid dienone is 2. The summed E-state index contributed by atoms with van der Waals surface area (Å²) in [5, 5.41) is 0.739. The van der Waals surface area contributed by atoms with E-state index in [1.165, 1.54) is 4.90 Å². The summed E-state index contributed by atoms with van der Waals surface area (Å²) >= 11 is 5.97. The number of amides is 2. The molecule has 164 valence electrons. The van der Waals surface area contributed by atoms with Crippen LogP contribution in [0.4, 0.5) is 5.69 Å². The number of piperazine rings is 1. The highest BCUT2D eigenvalue weighted by Gasteiger charge is 2.58. The molecule has 1 aromatic carbocycles. The average Bonchev–Trinajstić information content (AvgIpc) is 3.46. The summed E-state index contributed by atoms with van der Waals surface area (Å²) in [5.74, 6) is 0.854. The maximum atomic E-state index is 12.7. The second-order valence-electron chi connectivity index (χ2n) is 8.87. The SMILES string of the molecule is NC(=NCCCN1C(=O)C2C3C=CC(C3)C2C1=O)N1CCN(c2ccc(Cl)cc2)CC1. The van der Waals surface area contributed by atoms with Crippen LogP contribution >= 0.6 is 11.6 Å². The number of nitrogens with two attached hydrogens (primary N) is 1. The van der Waals surface area contributed by atoms with Crippen LogP contribution in [0, 0.1) is 23.7 Å². The number of carbonyl (C=O) groups is 2. The number of benzene rings is 1. The third-order valence-electron chi connectivity index (χ3n) is 7.17. The van der Waals surface area contributed by atoms with Gasteiger partial charge in [0, 0.05) is 50.0 Å². The van der Waals surface area contributed by atoms with Gasteiger partial charge in [-0.3, -0.25) is 19.5 Å². The predicted molar refractivity (Wildman–Crippen MR) is 121 cm³/mol. The van der Waals surface area contributed by atoms with Gasteiger partial charge in [0.15, 0.2) is 5.96 Å². The number of hydrogen-bond donors (Lipinski definition) is 1. The molecule has 1 saturated carbocycles. The Balaban J connectivity index is 1.08. The number of fused-ring (bicyclic) bond motifs is 5. The van der Waals surface area contributed by atoms with Crippen molar-refractivity contribution >= 4 is 35.1 Å². The number of aliphatic imine (C=N–C) groups is 1. The van der Waals surface area contributed by atoms with Gasteiger partial charge in [-0.25, -0.2) is 0 Å². The monoisotopic (exact) mass is 441 g/mol. The lowest BCUT2D eigenvalue weighted by Gasteiger charge is -2.36. The molecule has 2 bridgehead atoms. The molecule has 2 heterocycles. The third-order valence-corrected chi connectivity index (χ3v) is 7.42. The van der Waals surface area contributed by atoms with E-state index in [9.17, 15) is 9.59 Å². The third kappa shape index (κ3) is 3.69. The van der Waals surface area contributed by atoms with Gasteiger partial charge in [-0.05, 0) is 48.9 Å². The van der Waals surface area contributed by atoms with Gasteiger partial charge in [0.1, 0.15) is 0 Å². The summed E-state index contributed by atoms with van der Waals surface area (Å²) in [5.41, 5.74) is 7.36. The number of anilines is 1. The number of halogens is 1. The standard InChI is InChI=1S/C23H28ClN5O2/c24-17-4-6-18(7-5-17)27-10-12-28(13-11-27)23(25)26-8-1-9-29-21(30)19-15-2-3-16(14-15)20(19)22(29)31/h2-7,15-16,19-20H,1,8-14H2,(H2,25,26). The van der Waals surface area contributed by atoms with Crippen molar-refractivity contribution in [2.75, 3.05) is 44.2 Å². The minimum absolute atomic E-state index is 0.0159. The van der Waals surface area contributed by atoms with Gasteiger partial charge in [0.2, 0.25) is 11.8 Å². The summed E-state index contributed by atoms with van der Waals surface area (Å²) in [7, 11) is 0. The van der Waals surface area contributed by atoms with Crippen LogP contribution in [-0.4, -0.2) is 66.8 Å². The fourth-order valence-electron chi connectivity index (χ4n) is 5.55. The normalized spacial score (nSPS) is 30.0. The minimum Gasteiger partial charge on any atom is -0.370 e. The van der Waals surface area contributed by atoms with Gasteiger partial charge < -0.3 is 15.5 Å². The number of hydrogen-bond acceptors (Lipinski definition) is 4. The molecule has 0 aromatic heterocycles. The zero-order chi connectivity index (χ0) is 21.5. The van der Waals surface area contributed by atoms with Crippen LogP contribution in [-0.2, 0) is 9.59 Å². The molecule has 31 heavy (non-hydrogen) atoms. The van der Waals surface area contributed by atoms with Crippen LogP contribution in [0.1, 0.15) is 12.8 Å². The predicted octanol–water partition coefficient (Wildman–Crippen LogP) is 1.97. The first-order valence-electron chi connectivity index (χ1n) is 11.1. The van der Waals surface area contributed by atoms with Crippen LogP contribution in [0.25, 0.3) is 0 Å². The van der Waals surface area contributed by atoms with Crippen molar-refractivity contribution in [3.05, 3.63) is 41.4 Å². The van der Waals surface area contributed by atoms with Gasteiger partial charge in [-0.2, -0.15) is 0 Å². The van der Waals surface area contributed by atoms with E-state index < -0.39 is 0 Å². The molecule has 3 fully saturated rings. The molecule has 4 aliphatic rings. The Kier molecular flexibility index (Phi) is 5.38. The first-order chi connectivity index (χ1) is 15.0. The molecular weight excluding hydrogens is 414 g/mol. The Morgan fingerprint density at radius 3 is 2.23 bits per heavy atom. The van der Waals surface area contributed by atoms with Gasteiger partial charge >= 0.3 is 0 Å². The van der Waals surface area contributed by atoms with Gasteiger partial charge in [0.05, 0.1) is 11.8 Å². The van der Waals surface area contributed by atoms with Crippen LogP contribution in [0.15, 0.2) is 41.4 Å². The highest BCUT2D eigenvalue weighted by molar-refractivity contribution is 6.30. The van der Waals surface area contributed by atoms with Crippen molar-refractivity contribution < 1.29 is 9.59 Å². The maximum absolute atomic E-state index is 12.7. The molecule has 2 aliphatic heterocycles. The Morgan fingerprint density at radius 1 is 1.00 bits per heavy atom. The van der Waals surface area contributed by atoms with Crippen LogP contribution in [0.3, 0.4) is 0 Å². The molecule has 2 amide bonds. The molecule has 4 atom stereocenters. The zero-order valence-electron chi connectivity index (χ0n) is 17.5. The second-order valence-corrected chi connectivity index (χ2v) is 9.31. The molecule has 2 N–H and O–H groups in total. The number of guanidine groups is 1. The molecular formula is C23H28ClN5O2. The number of likely N-dealkylation sites (tertiary alicyclic amines) is 1. The molecule has 8 heteroatoms. The fraction of sp³-hybridized carbons (Fsp3) is 0.522. The summed E-state index contributed by atoms with van der Waals surface area (Å²) in [6.07, 6.45) is 5.86. The average molecular weight is 442 g/mol. The lowest BCUT2D eigenvalue weighted by atomic mass is 9.85. The van der Waals surface area contributed by atoms with Crippen molar-refractivity contribution in [2.24, 2.45) is 34.4 Å². The van der Waals surface area contributed by atoms with Gasteiger partial charge in [-0.1, -0.05) is 23.8 Å². The Bertz CT molecular complexity index is 892. The smallest absolute Gasteiger partial charge is 0.233 e. The minimum atomic E-state index is -0.118. The van der Waals surface area contributed by atoms with E-state index in [0.29, 0.717) is 25.5 Å². The Labute approximate surface area is 187 Å². The second kappa shape index (κ2) is 8.19. The van der Waals surface area contributed by atoms with E-state index in [4.69, 9.17) is 17.3 Å².